The van der Waals surface area contributed by atoms with Gasteiger partial charge in [0, 0.05) is 14.0 Å². The summed E-state index contributed by atoms with van der Waals surface area (Å²) >= 11 is 12.8. The lowest BCUT2D eigenvalue weighted by atomic mass is 10.2. The summed E-state index contributed by atoms with van der Waals surface area (Å²) in [5.41, 5.74) is 2.10. The van der Waals surface area contributed by atoms with Gasteiger partial charge in [-0.15, -0.1) is 0 Å². The van der Waals surface area contributed by atoms with Crippen molar-refractivity contribution in [2.75, 3.05) is 5.32 Å². The molecule has 0 spiro atoms. The molecule has 2 aromatic rings. The van der Waals surface area contributed by atoms with Gasteiger partial charge in [0.2, 0.25) is 0 Å². The number of rotatable bonds is 2. The second kappa shape index (κ2) is 5.75. The highest BCUT2D eigenvalue weighted by Crippen LogP contribution is 2.31. The van der Waals surface area contributed by atoms with Crippen molar-refractivity contribution in [2.24, 2.45) is 0 Å². The summed E-state index contributed by atoms with van der Waals surface area (Å²) in [6.07, 6.45) is 0. The van der Waals surface area contributed by atoms with E-state index in [1.807, 2.05) is 18.2 Å². The van der Waals surface area contributed by atoms with Crippen LogP contribution in [0.15, 0.2) is 45.3 Å². The van der Waals surface area contributed by atoms with Crippen LogP contribution in [-0.2, 0) is 0 Å². The van der Waals surface area contributed by atoms with Crippen LogP contribution >= 0.6 is 43.5 Å². The molecule has 0 aromatic heterocycles. The summed E-state index contributed by atoms with van der Waals surface area (Å²) in [6, 6.07) is 13.0. The maximum Gasteiger partial charge on any atom is 0.101 e. The first kappa shape index (κ1) is 13.4. The Kier molecular flexibility index (Phi) is 4.28. The average Bonchev–Trinajstić information content (AvgIpc) is 2.34. The van der Waals surface area contributed by atoms with E-state index in [1.54, 1.807) is 18.2 Å². The number of anilines is 2. The van der Waals surface area contributed by atoms with Crippen LogP contribution in [0.2, 0.25) is 5.02 Å². The van der Waals surface area contributed by atoms with Crippen LogP contribution < -0.4 is 5.32 Å². The quantitative estimate of drug-likeness (QED) is 0.742. The number of hydrogen-bond donors (Lipinski definition) is 1. The zero-order valence-electron chi connectivity index (χ0n) is 9.05. The van der Waals surface area contributed by atoms with Crippen molar-refractivity contribution in [1.82, 2.24) is 0 Å². The van der Waals surface area contributed by atoms with Crippen LogP contribution in [0.1, 0.15) is 5.56 Å². The Labute approximate surface area is 127 Å². The standard InChI is InChI=1S/C13H7Br2ClN2/c14-9-2-4-11(15)13(5-9)18-12-6-10(16)3-1-8(12)7-17/h1-6,18H. The first-order valence-electron chi connectivity index (χ1n) is 5.02. The molecule has 5 heteroatoms. The lowest BCUT2D eigenvalue weighted by Crippen LogP contribution is -1.94. The van der Waals surface area contributed by atoms with Crippen LogP contribution in [-0.4, -0.2) is 0 Å². The maximum absolute atomic E-state index is 9.06. The van der Waals surface area contributed by atoms with E-state index in [2.05, 4.69) is 43.2 Å². The molecule has 0 aliphatic rings. The highest BCUT2D eigenvalue weighted by molar-refractivity contribution is 9.11. The molecule has 0 heterocycles. The molecule has 0 aliphatic heterocycles. The Balaban J connectivity index is 2.43. The number of halogens is 3. The number of nitriles is 1. The summed E-state index contributed by atoms with van der Waals surface area (Å²) in [7, 11) is 0. The van der Waals surface area contributed by atoms with Gasteiger partial charge in [-0.3, -0.25) is 0 Å². The summed E-state index contributed by atoms with van der Waals surface area (Å²) in [5.74, 6) is 0. The van der Waals surface area contributed by atoms with Crippen LogP contribution in [0.3, 0.4) is 0 Å². The zero-order chi connectivity index (χ0) is 13.1. The SMILES string of the molecule is N#Cc1ccc(Cl)cc1Nc1cc(Br)ccc1Br. The average molecular weight is 386 g/mol. The molecule has 1 N–H and O–H groups in total. The third kappa shape index (κ3) is 3.05. The van der Waals surface area contributed by atoms with Gasteiger partial charge in [0.05, 0.1) is 16.9 Å². The molecule has 0 fully saturated rings. The third-order valence-corrected chi connectivity index (χ3v) is 3.72. The molecule has 0 radical (unpaired) electrons. The molecule has 0 amide bonds. The van der Waals surface area contributed by atoms with Gasteiger partial charge < -0.3 is 5.32 Å². The van der Waals surface area contributed by atoms with Gasteiger partial charge >= 0.3 is 0 Å². The van der Waals surface area contributed by atoms with Crippen LogP contribution in [0.4, 0.5) is 11.4 Å². The van der Waals surface area contributed by atoms with Crippen molar-refractivity contribution in [3.63, 3.8) is 0 Å². The molecular formula is C13H7Br2ClN2. The van der Waals surface area contributed by atoms with Gasteiger partial charge in [-0.2, -0.15) is 5.26 Å². The van der Waals surface area contributed by atoms with E-state index in [0.717, 1.165) is 14.6 Å². The molecule has 0 aliphatic carbocycles. The van der Waals surface area contributed by atoms with Crippen molar-refractivity contribution in [2.45, 2.75) is 0 Å². The smallest absolute Gasteiger partial charge is 0.101 e. The number of hydrogen-bond acceptors (Lipinski definition) is 2. The van der Waals surface area contributed by atoms with Gasteiger partial charge in [0.15, 0.2) is 0 Å². The van der Waals surface area contributed by atoms with Crippen molar-refractivity contribution in [3.05, 3.63) is 55.9 Å². The fourth-order valence-electron chi connectivity index (χ4n) is 1.46. The Hall–Kier alpha value is -1.02. The van der Waals surface area contributed by atoms with E-state index in [9.17, 15) is 0 Å². The minimum Gasteiger partial charge on any atom is -0.353 e. The number of nitrogens with one attached hydrogen (secondary N) is 1. The molecule has 2 aromatic carbocycles. The van der Waals surface area contributed by atoms with Gasteiger partial charge in [-0.25, -0.2) is 0 Å². The van der Waals surface area contributed by atoms with Crippen molar-refractivity contribution < 1.29 is 0 Å². The summed E-state index contributed by atoms with van der Waals surface area (Å²) in [5, 5.41) is 12.8. The lowest BCUT2D eigenvalue weighted by Gasteiger charge is -2.11. The number of nitrogens with zero attached hydrogens (tertiary/aromatic N) is 1. The van der Waals surface area contributed by atoms with Crippen LogP contribution in [0, 0.1) is 11.3 Å². The Morgan fingerprint density at radius 2 is 1.83 bits per heavy atom. The third-order valence-electron chi connectivity index (χ3n) is 2.30. The molecule has 2 nitrogen and oxygen atoms in total. The Bertz CT molecular complexity index is 635. The zero-order valence-corrected chi connectivity index (χ0v) is 13.0. The highest BCUT2D eigenvalue weighted by Gasteiger charge is 2.06. The van der Waals surface area contributed by atoms with Crippen LogP contribution in [0.5, 0.6) is 0 Å². The molecule has 0 saturated carbocycles. The van der Waals surface area contributed by atoms with Gasteiger partial charge in [-0.1, -0.05) is 27.5 Å². The predicted octanol–water partition coefficient (Wildman–Crippen LogP) is 5.48. The van der Waals surface area contributed by atoms with Gasteiger partial charge in [0.1, 0.15) is 6.07 Å². The predicted molar refractivity (Wildman–Crippen MR) is 81.3 cm³/mol. The topological polar surface area (TPSA) is 35.8 Å². The second-order valence-corrected chi connectivity index (χ2v) is 5.76. The number of benzene rings is 2. The fraction of sp³-hybridized carbons (Fsp3) is 0. The summed E-state index contributed by atoms with van der Waals surface area (Å²) < 4.78 is 1.86. The van der Waals surface area contributed by atoms with E-state index < -0.39 is 0 Å². The first-order chi connectivity index (χ1) is 8.60. The Morgan fingerprint density at radius 3 is 2.56 bits per heavy atom. The maximum atomic E-state index is 9.06. The molecule has 90 valence electrons. The van der Waals surface area contributed by atoms with E-state index in [0.29, 0.717) is 16.3 Å². The molecular weight excluding hydrogens is 379 g/mol. The molecule has 0 bridgehead atoms. The van der Waals surface area contributed by atoms with Crippen molar-refractivity contribution >= 4 is 54.8 Å². The minimum atomic E-state index is 0.547. The van der Waals surface area contributed by atoms with Crippen LogP contribution in [0.25, 0.3) is 0 Å². The normalized spacial score (nSPS) is 9.89. The monoisotopic (exact) mass is 384 g/mol. The van der Waals surface area contributed by atoms with E-state index in [1.165, 1.54) is 0 Å². The van der Waals surface area contributed by atoms with Crippen molar-refractivity contribution in [3.8, 4) is 6.07 Å². The fourth-order valence-corrected chi connectivity index (χ4v) is 2.33. The molecule has 2 rings (SSSR count). The summed E-state index contributed by atoms with van der Waals surface area (Å²) in [4.78, 5) is 0. The lowest BCUT2D eigenvalue weighted by molar-refractivity contribution is 1.45. The molecule has 0 saturated heterocycles. The highest BCUT2D eigenvalue weighted by atomic mass is 79.9. The second-order valence-electron chi connectivity index (χ2n) is 3.55. The van der Waals surface area contributed by atoms with E-state index in [-0.39, 0.29) is 0 Å². The largest absolute Gasteiger partial charge is 0.353 e. The van der Waals surface area contributed by atoms with Gasteiger partial charge in [-0.05, 0) is 52.3 Å². The molecule has 0 atom stereocenters. The summed E-state index contributed by atoms with van der Waals surface area (Å²) in [6.45, 7) is 0. The van der Waals surface area contributed by atoms with Gasteiger partial charge in [0.25, 0.3) is 0 Å². The van der Waals surface area contributed by atoms with E-state index >= 15 is 0 Å². The Morgan fingerprint density at radius 1 is 1.06 bits per heavy atom. The van der Waals surface area contributed by atoms with Crippen molar-refractivity contribution in [1.29, 1.82) is 5.26 Å². The molecule has 0 unspecified atom stereocenters. The minimum absolute atomic E-state index is 0.547. The van der Waals surface area contributed by atoms with E-state index in [4.69, 9.17) is 16.9 Å². The first-order valence-corrected chi connectivity index (χ1v) is 6.98. The molecule has 18 heavy (non-hydrogen) atoms.